The molecule has 0 aliphatic carbocycles. The summed E-state index contributed by atoms with van der Waals surface area (Å²) >= 11 is 0. The Balaban J connectivity index is 1.74. The van der Waals surface area contributed by atoms with Gasteiger partial charge in [-0.25, -0.2) is 4.98 Å². The van der Waals surface area contributed by atoms with E-state index in [1.807, 2.05) is 30.3 Å². The summed E-state index contributed by atoms with van der Waals surface area (Å²) < 4.78 is 0. The van der Waals surface area contributed by atoms with Crippen LogP contribution in [-0.4, -0.2) is 26.1 Å². The van der Waals surface area contributed by atoms with Gasteiger partial charge in [-0.1, -0.05) is 12.1 Å². The van der Waals surface area contributed by atoms with Crippen LogP contribution in [0, 0.1) is 0 Å². The van der Waals surface area contributed by atoms with Crippen molar-refractivity contribution in [1.82, 2.24) is 20.2 Å². The molecule has 6 nitrogen and oxygen atoms in total. The van der Waals surface area contributed by atoms with Gasteiger partial charge in [0, 0.05) is 24.3 Å². The van der Waals surface area contributed by atoms with E-state index in [1.54, 1.807) is 6.20 Å². The molecule has 0 aliphatic heterocycles. The van der Waals surface area contributed by atoms with Crippen molar-refractivity contribution in [2.24, 2.45) is 0 Å². The monoisotopic (exact) mass is 265 g/mol. The van der Waals surface area contributed by atoms with Gasteiger partial charge in [0.1, 0.15) is 5.69 Å². The number of hydrogen-bond acceptors (Lipinski definition) is 4. The van der Waals surface area contributed by atoms with Gasteiger partial charge in [-0.05, 0) is 23.8 Å². The first-order valence-electron chi connectivity index (χ1n) is 6.00. The Kier molecular flexibility index (Phi) is 3.20. The van der Waals surface area contributed by atoms with Crippen LogP contribution in [-0.2, 0) is 0 Å². The van der Waals surface area contributed by atoms with Gasteiger partial charge in [0.2, 0.25) is 0 Å². The van der Waals surface area contributed by atoms with E-state index in [1.165, 1.54) is 18.6 Å². The Labute approximate surface area is 114 Å². The lowest BCUT2D eigenvalue weighted by Crippen LogP contribution is -2.13. The minimum absolute atomic E-state index is 0.283. The zero-order valence-electron chi connectivity index (χ0n) is 10.4. The number of nitrogens with zero attached hydrogens (tertiary/aromatic N) is 3. The molecular weight excluding hydrogens is 254 g/mol. The highest BCUT2D eigenvalue weighted by atomic mass is 16.1. The summed E-state index contributed by atoms with van der Waals surface area (Å²) in [6.45, 7) is 0. The predicted octanol–water partition coefficient (Wildman–Crippen LogP) is 2.12. The molecule has 6 heteroatoms. The predicted molar refractivity (Wildman–Crippen MR) is 74.0 cm³/mol. The highest BCUT2D eigenvalue weighted by Gasteiger charge is 2.07. The Morgan fingerprint density at radius 3 is 2.55 bits per heavy atom. The van der Waals surface area contributed by atoms with E-state index in [-0.39, 0.29) is 11.6 Å². The van der Waals surface area contributed by atoms with E-state index in [4.69, 9.17) is 0 Å². The lowest BCUT2D eigenvalue weighted by atomic mass is 10.1. The average molecular weight is 265 g/mol. The molecule has 20 heavy (non-hydrogen) atoms. The molecule has 0 unspecified atom stereocenters. The van der Waals surface area contributed by atoms with Gasteiger partial charge in [0.15, 0.2) is 0 Å². The van der Waals surface area contributed by atoms with Gasteiger partial charge >= 0.3 is 0 Å². The molecule has 98 valence electrons. The Bertz CT molecular complexity index is 692. The molecule has 0 aliphatic rings. The summed E-state index contributed by atoms with van der Waals surface area (Å²) in [5.74, 6) is -0.285. The highest BCUT2D eigenvalue weighted by molar-refractivity contribution is 6.02. The largest absolute Gasteiger partial charge is 0.321 e. The Morgan fingerprint density at radius 2 is 1.90 bits per heavy atom. The number of aromatic nitrogens is 4. The second kappa shape index (κ2) is 5.31. The topological polar surface area (TPSA) is 83.6 Å². The Morgan fingerprint density at radius 1 is 1.05 bits per heavy atom. The van der Waals surface area contributed by atoms with Gasteiger partial charge in [-0.3, -0.25) is 14.9 Å². The van der Waals surface area contributed by atoms with Crippen LogP contribution in [0.4, 0.5) is 5.69 Å². The number of nitrogens with one attached hydrogen (secondary N) is 2. The number of H-pyrrole nitrogens is 1. The van der Waals surface area contributed by atoms with Gasteiger partial charge in [0.25, 0.3) is 5.91 Å². The fourth-order valence-corrected chi connectivity index (χ4v) is 1.76. The van der Waals surface area contributed by atoms with Crippen molar-refractivity contribution in [3.8, 4) is 11.3 Å². The van der Waals surface area contributed by atoms with Gasteiger partial charge in [0.05, 0.1) is 11.9 Å². The van der Waals surface area contributed by atoms with E-state index >= 15 is 0 Å². The van der Waals surface area contributed by atoms with Crippen LogP contribution in [0.15, 0.2) is 55.1 Å². The van der Waals surface area contributed by atoms with Crippen molar-refractivity contribution >= 4 is 11.6 Å². The number of benzene rings is 1. The highest BCUT2D eigenvalue weighted by Crippen LogP contribution is 2.19. The number of hydrogen-bond donors (Lipinski definition) is 2. The fraction of sp³-hybridized carbons (Fsp3) is 0. The molecule has 1 aromatic carbocycles. The molecule has 0 fully saturated rings. The number of anilines is 1. The molecule has 2 aromatic heterocycles. The molecule has 3 aromatic rings. The number of carbonyl (C=O) groups is 1. The second-order valence-corrected chi connectivity index (χ2v) is 4.09. The third-order valence-electron chi connectivity index (χ3n) is 2.75. The first kappa shape index (κ1) is 12.0. The lowest BCUT2D eigenvalue weighted by molar-refractivity contribution is 0.102. The third kappa shape index (κ3) is 2.54. The van der Waals surface area contributed by atoms with Crippen molar-refractivity contribution < 1.29 is 4.79 Å². The van der Waals surface area contributed by atoms with E-state index in [2.05, 4.69) is 25.5 Å². The van der Waals surface area contributed by atoms with Crippen LogP contribution < -0.4 is 5.32 Å². The Hall–Kier alpha value is -3.02. The SMILES string of the molecule is O=C(Nc1ccc(-c2ccn[nH]2)cc1)c1cnccn1. The van der Waals surface area contributed by atoms with Crippen LogP contribution >= 0.6 is 0 Å². The molecule has 0 bridgehead atoms. The van der Waals surface area contributed by atoms with E-state index in [0.717, 1.165) is 11.3 Å². The van der Waals surface area contributed by atoms with Crippen molar-refractivity contribution in [3.05, 3.63) is 60.8 Å². The summed E-state index contributed by atoms with van der Waals surface area (Å²) in [7, 11) is 0. The molecule has 2 N–H and O–H groups in total. The molecule has 0 atom stereocenters. The minimum Gasteiger partial charge on any atom is -0.321 e. The maximum atomic E-state index is 11.9. The van der Waals surface area contributed by atoms with E-state index < -0.39 is 0 Å². The molecule has 0 saturated heterocycles. The average Bonchev–Trinajstić information content (AvgIpc) is 3.03. The summed E-state index contributed by atoms with van der Waals surface area (Å²) in [6.07, 6.45) is 6.12. The fourth-order valence-electron chi connectivity index (χ4n) is 1.76. The maximum Gasteiger partial charge on any atom is 0.275 e. The molecule has 3 rings (SSSR count). The molecule has 0 radical (unpaired) electrons. The lowest BCUT2D eigenvalue weighted by Gasteiger charge is -2.05. The van der Waals surface area contributed by atoms with Gasteiger partial charge in [-0.2, -0.15) is 5.10 Å². The van der Waals surface area contributed by atoms with Crippen LogP contribution in [0.5, 0.6) is 0 Å². The van der Waals surface area contributed by atoms with Crippen LogP contribution in [0.2, 0.25) is 0 Å². The van der Waals surface area contributed by atoms with Gasteiger partial charge in [-0.15, -0.1) is 0 Å². The van der Waals surface area contributed by atoms with Crippen LogP contribution in [0.3, 0.4) is 0 Å². The smallest absolute Gasteiger partial charge is 0.275 e. The van der Waals surface area contributed by atoms with E-state index in [0.29, 0.717) is 5.69 Å². The van der Waals surface area contributed by atoms with E-state index in [9.17, 15) is 4.79 Å². The van der Waals surface area contributed by atoms with Crippen molar-refractivity contribution in [1.29, 1.82) is 0 Å². The maximum absolute atomic E-state index is 11.9. The number of aromatic amines is 1. The summed E-state index contributed by atoms with van der Waals surface area (Å²) in [6, 6.07) is 9.33. The molecule has 0 saturated carbocycles. The van der Waals surface area contributed by atoms with Gasteiger partial charge < -0.3 is 5.32 Å². The first-order valence-corrected chi connectivity index (χ1v) is 6.00. The first-order chi connectivity index (χ1) is 9.83. The standard InChI is InChI=1S/C14H11N5O/c20-14(13-9-15-7-8-16-13)18-11-3-1-10(2-4-11)12-5-6-17-19-12/h1-9H,(H,17,19)(H,18,20). The molecule has 1 amide bonds. The quantitative estimate of drug-likeness (QED) is 0.759. The summed E-state index contributed by atoms with van der Waals surface area (Å²) in [5, 5.41) is 9.55. The second-order valence-electron chi connectivity index (χ2n) is 4.09. The molecular formula is C14H11N5O. The molecule has 2 heterocycles. The summed E-state index contributed by atoms with van der Waals surface area (Å²) in [4.78, 5) is 19.7. The zero-order chi connectivity index (χ0) is 13.8. The zero-order valence-corrected chi connectivity index (χ0v) is 10.4. The number of amides is 1. The van der Waals surface area contributed by atoms with Crippen LogP contribution in [0.1, 0.15) is 10.5 Å². The third-order valence-corrected chi connectivity index (χ3v) is 2.75. The van der Waals surface area contributed by atoms with Crippen molar-refractivity contribution in [2.45, 2.75) is 0 Å². The minimum atomic E-state index is -0.285. The molecule has 0 spiro atoms. The summed E-state index contributed by atoms with van der Waals surface area (Å²) in [5.41, 5.74) is 2.91. The number of rotatable bonds is 3. The van der Waals surface area contributed by atoms with Crippen LogP contribution in [0.25, 0.3) is 11.3 Å². The van der Waals surface area contributed by atoms with Crippen molar-refractivity contribution in [2.75, 3.05) is 5.32 Å². The number of carbonyl (C=O) groups excluding carboxylic acids is 1. The normalized spacial score (nSPS) is 10.2. The van der Waals surface area contributed by atoms with Crippen molar-refractivity contribution in [3.63, 3.8) is 0 Å².